The normalized spacial score (nSPS) is 19.1. The fraction of sp³-hybridized carbons (Fsp3) is 0.208. The van der Waals surface area contributed by atoms with Crippen molar-refractivity contribution in [2.45, 2.75) is 18.4 Å². The van der Waals surface area contributed by atoms with Crippen molar-refractivity contribution in [2.24, 2.45) is 0 Å². The van der Waals surface area contributed by atoms with E-state index in [1.807, 2.05) is 48.5 Å². The number of hydrogen-bond donors (Lipinski definition) is 1. The summed E-state index contributed by atoms with van der Waals surface area (Å²) < 4.78 is 17.9. The van der Waals surface area contributed by atoms with E-state index < -0.39 is 5.97 Å². The van der Waals surface area contributed by atoms with E-state index in [4.69, 9.17) is 30.9 Å². The minimum Gasteiger partial charge on any atom is -0.492 e. The average molecular weight is 423 g/mol. The van der Waals surface area contributed by atoms with E-state index in [0.717, 1.165) is 22.3 Å². The Bertz CT molecular complexity index is 1130. The van der Waals surface area contributed by atoms with E-state index in [2.05, 4.69) is 6.07 Å². The molecule has 152 valence electrons. The van der Waals surface area contributed by atoms with Gasteiger partial charge in [-0.3, -0.25) is 4.79 Å². The van der Waals surface area contributed by atoms with Gasteiger partial charge in [-0.25, -0.2) is 0 Å². The Hall–Kier alpha value is -3.18. The second-order valence-corrected chi connectivity index (χ2v) is 7.87. The van der Waals surface area contributed by atoms with Crippen LogP contribution < -0.4 is 14.2 Å². The lowest BCUT2D eigenvalue weighted by molar-refractivity contribution is -0.137. The molecule has 0 unspecified atom stereocenters. The smallest absolute Gasteiger partial charge is 0.304 e. The lowest BCUT2D eigenvalue weighted by Gasteiger charge is -2.27. The Labute approximate surface area is 178 Å². The van der Waals surface area contributed by atoms with Gasteiger partial charge in [-0.15, -0.1) is 0 Å². The third-order valence-electron chi connectivity index (χ3n) is 5.48. The number of hydrogen-bond acceptors (Lipinski definition) is 4. The van der Waals surface area contributed by atoms with Crippen LogP contribution in [0.4, 0.5) is 0 Å². The number of rotatable bonds is 4. The van der Waals surface area contributed by atoms with Crippen LogP contribution in [0, 0.1) is 0 Å². The van der Waals surface area contributed by atoms with E-state index >= 15 is 0 Å². The molecule has 0 saturated heterocycles. The maximum absolute atomic E-state index is 11.1. The number of halogens is 1. The van der Waals surface area contributed by atoms with Gasteiger partial charge in [0.25, 0.3) is 0 Å². The number of carboxylic acids is 1. The number of carbonyl (C=O) groups is 1. The van der Waals surface area contributed by atoms with Gasteiger partial charge in [0.2, 0.25) is 0 Å². The summed E-state index contributed by atoms with van der Waals surface area (Å²) in [6.07, 6.45) is -0.237. The standard InChI is InChI=1S/C24H19ClO5/c25-19-7-2-1-6-17(19)14-4-3-5-15(8-14)23-13-29-21-10-18-16(9-24(26)27)12-28-20(18)11-22(21)30-23/h1-8,10-11,16,23H,9,12-13H2,(H,26,27)/t16-,23-/m1/s1. The van der Waals surface area contributed by atoms with Crippen LogP contribution in [-0.4, -0.2) is 24.3 Å². The monoisotopic (exact) mass is 422 g/mol. The van der Waals surface area contributed by atoms with Gasteiger partial charge in [0.1, 0.15) is 12.4 Å². The number of carboxylic acid groups (broad SMARTS) is 1. The van der Waals surface area contributed by atoms with Gasteiger partial charge < -0.3 is 19.3 Å². The zero-order valence-corrected chi connectivity index (χ0v) is 16.8. The summed E-state index contributed by atoms with van der Waals surface area (Å²) in [5.74, 6) is 0.868. The molecule has 0 radical (unpaired) electrons. The molecule has 2 heterocycles. The van der Waals surface area contributed by atoms with Crippen LogP contribution in [0.25, 0.3) is 11.1 Å². The van der Waals surface area contributed by atoms with E-state index in [1.165, 1.54) is 0 Å². The topological polar surface area (TPSA) is 65.0 Å². The Morgan fingerprint density at radius 1 is 0.967 bits per heavy atom. The quantitative estimate of drug-likeness (QED) is 0.604. The molecule has 0 bridgehead atoms. The third kappa shape index (κ3) is 3.46. The van der Waals surface area contributed by atoms with Crippen LogP contribution in [0.5, 0.6) is 17.2 Å². The molecule has 5 nitrogen and oxygen atoms in total. The summed E-state index contributed by atoms with van der Waals surface area (Å²) in [5.41, 5.74) is 3.83. The Morgan fingerprint density at radius 2 is 1.80 bits per heavy atom. The molecule has 0 aliphatic carbocycles. The van der Waals surface area contributed by atoms with E-state index in [9.17, 15) is 4.79 Å². The minimum absolute atomic E-state index is 0.0319. The van der Waals surface area contributed by atoms with Crippen molar-refractivity contribution in [1.29, 1.82) is 0 Å². The highest BCUT2D eigenvalue weighted by Crippen LogP contribution is 2.46. The van der Waals surface area contributed by atoms with E-state index in [1.54, 1.807) is 6.07 Å². The molecule has 5 rings (SSSR count). The first-order valence-corrected chi connectivity index (χ1v) is 10.1. The number of benzene rings is 3. The maximum Gasteiger partial charge on any atom is 0.304 e. The lowest BCUT2D eigenvalue weighted by atomic mass is 9.97. The van der Waals surface area contributed by atoms with Crippen molar-refractivity contribution in [1.82, 2.24) is 0 Å². The molecular formula is C24H19ClO5. The molecule has 2 aliphatic rings. The molecule has 0 fully saturated rings. The van der Waals surface area contributed by atoms with Crippen molar-refractivity contribution in [3.63, 3.8) is 0 Å². The lowest BCUT2D eigenvalue weighted by Crippen LogP contribution is -2.21. The average Bonchev–Trinajstić information content (AvgIpc) is 3.13. The van der Waals surface area contributed by atoms with Crippen LogP contribution in [0.1, 0.15) is 29.6 Å². The zero-order valence-electron chi connectivity index (χ0n) is 16.0. The van der Waals surface area contributed by atoms with Crippen molar-refractivity contribution < 1.29 is 24.1 Å². The van der Waals surface area contributed by atoms with Crippen LogP contribution in [-0.2, 0) is 4.79 Å². The fourth-order valence-corrected chi connectivity index (χ4v) is 4.23. The highest BCUT2D eigenvalue weighted by Gasteiger charge is 2.31. The van der Waals surface area contributed by atoms with E-state index in [0.29, 0.717) is 35.5 Å². The van der Waals surface area contributed by atoms with Gasteiger partial charge in [0, 0.05) is 28.1 Å². The maximum atomic E-state index is 11.1. The largest absolute Gasteiger partial charge is 0.492 e. The van der Waals surface area contributed by atoms with Crippen molar-refractivity contribution in [3.05, 3.63) is 76.8 Å². The summed E-state index contributed by atoms with van der Waals surface area (Å²) in [7, 11) is 0. The number of fused-ring (bicyclic) bond motifs is 2. The van der Waals surface area contributed by atoms with Gasteiger partial charge in [-0.05, 0) is 29.3 Å². The summed E-state index contributed by atoms with van der Waals surface area (Å²) in [4.78, 5) is 11.1. The second-order valence-electron chi connectivity index (χ2n) is 7.47. The molecule has 3 aromatic rings. The summed E-state index contributed by atoms with van der Waals surface area (Å²) in [6.45, 7) is 0.718. The van der Waals surface area contributed by atoms with Crippen molar-refractivity contribution in [3.8, 4) is 28.4 Å². The molecule has 6 heteroatoms. The van der Waals surface area contributed by atoms with Gasteiger partial charge in [-0.1, -0.05) is 48.0 Å². The highest BCUT2D eigenvalue weighted by atomic mass is 35.5. The summed E-state index contributed by atoms with van der Waals surface area (Å²) in [5, 5.41) is 9.80. The SMILES string of the molecule is O=C(O)C[C@@H]1COc2cc3c(cc21)OC[C@H](c1cccc(-c2ccccc2Cl)c1)O3. The molecule has 0 saturated carbocycles. The Balaban J connectivity index is 1.41. The Morgan fingerprint density at radius 3 is 2.63 bits per heavy atom. The van der Waals surface area contributed by atoms with Crippen LogP contribution in [0.15, 0.2) is 60.7 Å². The number of aliphatic carboxylic acids is 1. The summed E-state index contributed by atoms with van der Waals surface area (Å²) in [6, 6.07) is 19.5. The van der Waals surface area contributed by atoms with E-state index in [-0.39, 0.29) is 18.4 Å². The Kier molecular flexibility index (Phi) is 4.75. The summed E-state index contributed by atoms with van der Waals surface area (Å²) >= 11 is 6.35. The molecule has 0 aromatic heterocycles. The molecule has 0 spiro atoms. The second kappa shape index (κ2) is 7.58. The first-order chi connectivity index (χ1) is 14.6. The highest BCUT2D eigenvalue weighted by molar-refractivity contribution is 6.33. The molecule has 3 aromatic carbocycles. The first-order valence-electron chi connectivity index (χ1n) is 9.75. The predicted octanol–water partition coefficient (Wildman–Crippen LogP) is 5.47. The minimum atomic E-state index is -0.843. The molecular weight excluding hydrogens is 404 g/mol. The fourth-order valence-electron chi connectivity index (χ4n) is 3.98. The van der Waals surface area contributed by atoms with Crippen molar-refractivity contribution >= 4 is 17.6 Å². The predicted molar refractivity (Wildman–Crippen MR) is 113 cm³/mol. The van der Waals surface area contributed by atoms with Gasteiger partial charge in [0.15, 0.2) is 17.6 Å². The molecule has 1 N–H and O–H groups in total. The number of ether oxygens (including phenoxy) is 3. The molecule has 2 atom stereocenters. The zero-order chi connectivity index (χ0) is 20.7. The van der Waals surface area contributed by atoms with Crippen LogP contribution in [0.2, 0.25) is 5.02 Å². The molecule has 0 amide bonds. The van der Waals surface area contributed by atoms with Crippen LogP contribution in [0.3, 0.4) is 0 Å². The molecule has 2 aliphatic heterocycles. The van der Waals surface area contributed by atoms with Gasteiger partial charge >= 0.3 is 5.97 Å². The van der Waals surface area contributed by atoms with Crippen molar-refractivity contribution in [2.75, 3.05) is 13.2 Å². The van der Waals surface area contributed by atoms with Crippen LogP contribution >= 0.6 is 11.6 Å². The van der Waals surface area contributed by atoms with Gasteiger partial charge in [0.05, 0.1) is 13.0 Å². The first kappa shape index (κ1) is 18.8. The molecule has 30 heavy (non-hydrogen) atoms. The third-order valence-corrected chi connectivity index (χ3v) is 5.81. The van der Waals surface area contributed by atoms with Gasteiger partial charge in [-0.2, -0.15) is 0 Å².